The first kappa shape index (κ1) is 17.3. The first-order valence-corrected chi connectivity index (χ1v) is 7.98. The topological polar surface area (TPSA) is 55.8 Å². The minimum absolute atomic E-state index is 0.260. The summed E-state index contributed by atoms with van der Waals surface area (Å²) in [5, 5.41) is 0. The van der Waals surface area contributed by atoms with Gasteiger partial charge in [-0.3, -0.25) is 9.59 Å². The van der Waals surface area contributed by atoms with Crippen molar-refractivity contribution in [1.82, 2.24) is 4.90 Å². The summed E-state index contributed by atoms with van der Waals surface area (Å²) in [5.41, 5.74) is 0.425. The van der Waals surface area contributed by atoms with Crippen LogP contribution in [0, 0.1) is 0 Å². The third-order valence-electron chi connectivity index (χ3n) is 4.80. The van der Waals surface area contributed by atoms with Crippen LogP contribution < -0.4 is 9.47 Å². The lowest BCUT2D eigenvalue weighted by molar-refractivity contribution is -0.127. The Kier molecular flexibility index (Phi) is 5.64. The Morgan fingerprint density at radius 1 is 1.22 bits per heavy atom. The molecule has 1 aliphatic carbocycles. The molecule has 126 valence electrons. The van der Waals surface area contributed by atoms with Gasteiger partial charge in [0, 0.05) is 20.0 Å². The summed E-state index contributed by atoms with van der Waals surface area (Å²) in [6.07, 6.45) is 4.81. The van der Waals surface area contributed by atoms with E-state index in [1.54, 1.807) is 26.2 Å². The van der Waals surface area contributed by atoms with Gasteiger partial charge in [-0.15, -0.1) is 0 Å². The zero-order valence-electron chi connectivity index (χ0n) is 14.1. The Morgan fingerprint density at radius 2 is 1.96 bits per heavy atom. The summed E-state index contributed by atoms with van der Waals surface area (Å²) in [7, 11) is 4.93. The molecule has 1 atom stereocenters. The second-order valence-corrected chi connectivity index (χ2v) is 6.12. The molecule has 0 N–H and O–H groups in total. The average Bonchev–Trinajstić information content (AvgIpc) is 2.60. The van der Waals surface area contributed by atoms with Gasteiger partial charge in [-0.05, 0) is 37.0 Å². The summed E-state index contributed by atoms with van der Waals surface area (Å²) < 4.78 is 10.7. The molecule has 5 heteroatoms. The van der Waals surface area contributed by atoms with Gasteiger partial charge in [-0.1, -0.05) is 12.5 Å². The average molecular weight is 319 g/mol. The molecular weight excluding hydrogens is 294 g/mol. The molecule has 0 radical (unpaired) electrons. The van der Waals surface area contributed by atoms with Gasteiger partial charge in [0.1, 0.15) is 5.78 Å². The Balaban J connectivity index is 2.40. The highest BCUT2D eigenvalue weighted by Crippen LogP contribution is 2.42. The zero-order valence-corrected chi connectivity index (χ0v) is 14.1. The Morgan fingerprint density at radius 3 is 2.57 bits per heavy atom. The van der Waals surface area contributed by atoms with E-state index in [0.29, 0.717) is 30.9 Å². The first-order chi connectivity index (χ1) is 11.1. The molecule has 0 saturated heterocycles. The van der Waals surface area contributed by atoms with E-state index in [1.807, 2.05) is 18.2 Å². The summed E-state index contributed by atoms with van der Waals surface area (Å²) in [6.45, 7) is 0.559. The number of carbonyl (C=O) groups excluding carboxylic acids is 2. The van der Waals surface area contributed by atoms with E-state index in [0.717, 1.165) is 31.2 Å². The van der Waals surface area contributed by atoms with E-state index < -0.39 is 5.41 Å². The predicted octanol–water partition coefficient (Wildman–Crippen LogP) is 2.56. The lowest BCUT2D eigenvalue weighted by Crippen LogP contribution is -2.41. The molecule has 1 unspecified atom stereocenters. The molecule has 0 aliphatic heterocycles. The van der Waals surface area contributed by atoms with Gasteiger partial charge < -0.3 is 14.4 Å². The fourth-order valence-corrected chi connectivity index (χ4v) is 3.36. The van der Waals surface area contributed by atoms with E-state index in [4.69, 9.17) is 9.47 Å². The second kappa shape index (κ2) is 7.49. The molecule has 0 heterocycles. The highest BCUT2D eigenvalue weighted by molar-refractivity contribution is 5.91. The van der Waals surface area contributed by atoms with Crippen molar-refractivity contribution >= 4 is 12.2 Å². The minimum atomic E-state index is -0.533. The van der Waals surface area contributed by atoms with Crippen LogP contribution in [0.3, 0.4) is 0 Å². The van der Waals surface area contributed by atoms with Crippen molar-refractivity contribution in [2.24, 2.45) is 0 Å². The van der Waals surface area contributed by atoms with Crippen LogP contribution in [0.5, 0.6) is 11.5 Å². The predicted molar refractivity (Wildman–Crippen MR) is 88.0 cm³/mol. The van der Waals surface area contributed by atoms with Gasteiger partial charge in [-0.2, -0.15) is 0 Å². The van der Waals surface area contributed by atoms with Crippen molar-refractivity contribution in [2.45, 2.75) is 37.5 Å². The van der Waals surface area contributed by atoms with Gasteiger partial charge in [0.2, 0.25) is 6.41 Å². The van der Waals surface area contributed by atoms with Gasteiger partial charge in [0.15, 0.2) is 11.5 Å². The number of hydrogen-bond acceptors (Lipinski definition) is 4. The van der Waals surface area contributed by atoms with Crippen molar-refractivity contribution in [1.29, 1.82) is 0 Å². The number of benzene rings is 1. The molecule has 1 aromatic carbocycles. The molecule has 1 aromatic rings. The summed E-state index contributed by atoms with van der Waals surface area (Å²) in [4.78, 5) is 25.3. The SMILES string of the molecule is COc1ccc(C2(CCN(C)C=O)CCCCC2=O)cc1OC. The third-order valence-corrected chi connectivity index (χ3v) is 4.80. The zero-order chi connectivity index (χ0) is 16.9. The number of ether oxygens (including phenoxy) is 2. The van der Waals surface area contributed by atoms with E-state index in [2.05, 4.69) is 0 Å². The smallest absolute Gasteiger partial charge is 0.209 e. The van der Waals surface area contributed by atoms with Crippen LogP contribution in [0.25, 0.3) is 0 Å². The number of carbonyl (C=O) groups is 2. The third kappa shape index (κ3) is 3.49. The van der Waals surface area contributed by atoms with Crippen molar-refractivity contribution in [3.8, 4) is 11.5 Å². The molecular formula is C18H25NO4. The molecule has 23 heavy (non-hydrogen) atoms. The fraction of sp³-hybridized carbons (Fsp3) is 0.556. The summed E-state index contributed by atoms with van der Waals surface area (Å²) in [6, 6.07) is 5.70. The van der Waals surface area contributed by atoms with Crippen LogP contribution in [0.15, 0.2) is 18.2 Å². The Bertz CT molecular complexity index is 572. The summed E-state index contributed by atoms with van der Waals surface area (Å²) in [5.74, 6) is 1.54. The minimum Gasteiger partial charge on any atom is -0.493 e. The maximum Gasteiger partial charge on any atom is 0.209 e. The van der Waals surface area contributed by atoms with E-state index in [1.165, 1.54) is 0 Å². The van der Waals surface area contributed by atoms with Crippen LogP contribution in [-0.2, 0) is 15.0 Å². The summed E-state index contributed by atoms with van der Waals surface area (Å²) >= 11 is 0. The van der Waals surface area contributed by atoms with Gasteiger partial charge in [0.25, 0.3) is 0 Å². The maximum atomic E-state index is 12.8. The molecule has 5 nitrogen and oxygen atoms in total. The molecule has 0 aromatic heterocycles. The number of nitrogens with zero attached hydrogens (tertiary/aromatic N) is 1. The number of Topliss-reactive ketones (excluding diaryl/α,β-unsaturated/α-hetero) is 1. The van der Waals surface area contributed by atoms with Crippen molar-refractivity contribution < 1.29 is 19.1 Å². The van der Waals surface area contributed by atoms with Crippen molar-refractivity contribution in [2.75, 3.05) is 27.8 Å². The number of hydrogen-bond donors (Lipinski definition) is 0. The van der Waals surface area contributed by atoms with E-state index in [-0.39, 0.29) is 5.78 Å². The van der Waals surface area contributed by atoms with E-state index in [9.17, 15) is 9.59 Å². The monoisotopic (exact) mass is 319 g/mol. The van der Waals surface area contributed by atoms with Gasteiger partial charge in [0.05, 0.1) is 19.6 Å². The molecule has 0 spiro atoms. The quantitative estimate of drug-likeness (QED) is 0.725. The fourth-order valence-electron chi connectivity index (χ4n) is 3.36. The maximum absolute atomic E-state index is 12.8. The molecule has 1 fully saturated rings. The van der Waals surface area contributed by atoms with Gasteiger partial charge >= 0.3 is 0 Å². The van der Waals surface area contributed by atoms with Crippen molar-refractivity contribution in [3.63, 3.8) is 0 Å². The second-order valence-electron chi connectivity index (χ2n) is 6.12. The molecule has 2 rings (SSSR count). The number of methoxy groups -OCH3 is 2. The molecule has 1 amide bonds. The van der Waals surface area contributed by atoms with Crippen LogP contribution in [0.1, 0.15) is 37.7 Å². The largest absolute Gasteiger partial charge is 0.493 e. The molecule has 1 saturated carbocycles. The van der Waals surface area contributed by atoms with E-state index >= 15 is 0 Å². The Labute approximate surface area is 137 Å². The highest BCUT2D eigenvalue weighted by atomic mass is 16.5. The first-order valence-electron chi connectivity index (χ1n) is 7.98. The van der Waals surface area contributed by atoms with Crippen LogP contribution in [0.2, 0.25) is 0 Å². The highest BCUT2D eigenvalue weighted by Gasteiger charge is 2.41. The van der Waals surface area contributed by atoms with Crippen LogP contribution >= 0.6 is 0 Å². The normalized spacial score (nSPS) is 20.9. The number of ketones is 1. The Hall–Kier alpha value is -2.04. The van der Waals surface area contributed by atoms with Crippen molar-refractivity contribution in [3.05, 3.63) is 23.8 Å². The molecule has 0 bridgehead atoms. The van der Waals surface area contributed by atoms with Crippen LogP contribution in [-0.4, -0.2) is 44.9 Å². The lowest BCUT2D eigenvalue weighted by Gasteiger charge is -2.37. The standard InChI is InChI=1S/C18H25NO4/c1-19(13-20)11-10-18(9-5-4-6-17(18)21)14-7-8-15(22-2)16(12-14)23-3/h7-8,12-13H,4-6,9-11H2,1-3H3. The molecule has 1 aliphatic rings. The van der Waals surface area contributed by atoms with Gasteiger partial charge in [-0.25, -0.2) is 0 Å². The lowest BCUT2D eigenvalue weighted by atomic mass is 9.66. The van der Waals surface area contributed by atoms with Crippen LogP contribution in [0.4, 0.5) is 0 Å². The number of amides is 1. The number of rotatable bonds is 7.